The van der Waals surface area contributed by atoms with Crippen molar-refractivity contribution in [3.05, 3.63) is 59.7 Å². The second-order valence-electron chi connectivity index (χ2n) is 6.52. The lowest BCUT2D eigenvalue weighted by atomic mass is 10.1. The van der Waals surface area contributed by atoms with Gasteiger partial charge in [-0.25, -0.2) is 0 Å². The van der Waals surface area contributed by atoms with Gasteiger partial charge in [0.1, 0.15) is 5.75 Å². The summed E-state index contributed by atoms with van der Waals surface area (Å²) >= 11 is 0. The summed E-state index contributed by atoms with van der Waals surface area (Å²) in [7, 11) is 0. The number of anilines is 1. The Balaban J connectivity index is 1.90. The SMILES string of the molecule is CCc1cccc(OCC(=O)Nc2cccc(C(=O)NCC(C)C)c2)c1. The van der Waals surface area contributed by atoms with Gasteiger partial charge in [0, 0.05) is 17.8 Å². The zero-order valence-corrected chi connectivity index (χ0v) is 15.5. The molecule has 2 rings (SSSR count). The highest BCUT2D eigenvalue weighted by atomic mass is 16.5. The smallest absolute Gasteiger partial charge is 0.262 e. The molecule has 0 atom stereocenters. The second kappa shape index (κ2) is 9.61. The molecule has 5 heteroatoms. The van der Waals surface area contributed by atoms with Crippen LogP contribution >= 0.6 is 0 Å². The number of carbonyl (C=O) groups excluding carboxylic acids is 2. The summed E-state index contributed by atoms with van der Waals surface area (Å²) < 4.78 is 5.53. The minimum atomic E-state index is -0.272. The summed E-state index contributed by atoms with van der Waals surface area (Å²) in [5.41, 5.74) is 2.24. The van der Waals surface area contributed by atoms with E-state index in [4.69, 9.17) is 4.74 Å². The molecule has 0 unspecified atom stereocenters. The first kappa shape index (κ1) is 19.5. The van der Waals surface area contributed by atoms with Gasteiger partial charge in [0.05, 0.1) is 0 Å². The van der Waals surface area contributed by atoms with Crippen molar-refractivity contribution in [2.24, 2.45) is 5.92 Å². The van der Waals surface area contributed by atoms with Crippen LogP contribution in [0.5, 0.6) is 5.75 Å². The van der Waals surface area contributed by atoms with Crippen LogP contribution in [0.25, 0.3) is 0 Å². The normalized spacial score (nSPS) is 10.5. The summed E-state index contributed by atoms with van der Waals surface area (Å²) in [6.07, 6.45) is 0.912. The van der Waals surface area contributed by atoms with Gasteiger partial charge in [-0.15, -0.1) is 0 Å². The van der Waals surface area contributed by atoms with E-state index in [2.05, 4.69) is 17.6 Å². The van der Waals surface area contributed by atoms with Crippen LogP contribution < -0.4 is 15.4 Å². The highest BCUT2D eigenvalue weighted by molar-refractivity contribution is 5.97. The van der Waals surface area contributed by atoms with Crippen LogP contribution in [0.2, 0.25) is 0 Å². The fourth-order valence-electron chi connectivity index (χ4n) is 2.34. The lowest BCUT2D eigenvalue weighted by molar-refractivity contribution is -0.118. The molecule has 0 aromatic heterocycles. The van der Waals surface area contributed by atoms with E-state index in [1.807, 2.05) is 38.1 Å². The third-order valence-corrected chi connectivity index (χ3v) is 3.76. The first-order valence-corrected chi connectivity index (χ1v) is 8.87. The second-order valence-corrected chi connectivity index (χ2v) is 6.52. The van der Waals surface area contributed by atoms with Gasteiger partial charge >= 0.3 is 0 Å². The number of hydrogen-bond acceptors (Lipinski definition) is 3. The van der Waals surface area contributed by atoms with Crippen molar-refractivity contribution < 1.29 is 14.3 Å². The van der Waals surface area contributed by atoms with Gasteiger partial charge in [0.25, 0.3) is 11.8 Å². The molecule has 2 N–H and O–H groups in total. The van der Waals surface area contributed by atoms with E-state index in [9.17, 15) is 9.59 Å². The number of ether oxygens (including phenoxy) is 1. The lowest BCUT2D eigenvalue weighted by Crippen LogP contribution is -2.27. The van der Waals surface area contributed by atoms with Crippen molar-refractivity contribution in [3.63, 3.8) is 0 Å². The molecule has 0 aliphatic rings. The van der Waals surface area contributed by atoms with E-state index >= 15 is 0 Å². The van der Waals surface area contributed by atoms with Crippen LogP contribution in [0.3, 0.4) is 0 Å². The fraction of sp³-hybridized carbons (Fsp3) is 0.333. The molecular formula is C21H26N2O3. The number of hydrogen-bond donors (Lipinski definition) is 2. The molecule has 0 fully saturated rings. The van der Waals surface area contributed by atoms with Crippen molar-refractivity contribution in [2.75, 3.05) is 18.5 Å². The van der Waals surface area contributed by atoms with E-state index in [0.29, 0.717) is 29.5 Å². The Morgan fingerprint density at radius 2 is 1.85 bits per heavy atom. The third kappa shape index (κ3) is 6.24. The largest absolute Gasteiger partial charge is 0.484 e. The Morgan fingerprint density at radius 3 is 2.58 bits per heavy atom. The third-order valence-electron chi connectivity index (χ3n) is 3.76. The predicted molar refractivity (Wildman–Crippen MR) is 104 cm³/mol. The van der Waals surface area contributed by atoms with Gasteiger partial charge in [0.2, 0.25) is 0 Å². The standard InChI is InChI=1S/C21H26N2O3/c1-4-16-7-5-10-19(11-16)26-14-20(24)23-18-9-6-8-17(12-18)21(25)22-13-15(2)3/h5-12,15H,4,13-14H2,1-3H3,(H,22,25)(H,23,24). The molecule has 0 radical (unpaired) electrons. The summed E-state index contributed by atoms with van der Waals surface area (Å²) in [4.78, 5) is 24.2. The molecule has 0 saturated heterocycles. The maximum Gasteiger partial charge on any atom is 0.262 e. The topological polar surface area (TPSA) is 67.4 Å². The first-order valence-electron chi connectivity index (χ1n) is 8.87. The number of nitrogens with one attached hydrogen (secondary N) is 2. The van der Waals surface area contributed by atoms with Gasteiger partial charge in [-0.05, 0) is 48.2 Å². The van der Waals surface area contributed by atoms with Gasteiger partial charge < -0.3 is 15.4 Å². The van der Waals surface area contributed by atoms with Gasteiger partial charge in [-0.2, -0.15) is 0 Å². The number of amides is 2. The summed E-state index contributed by atoms with van der Waals surface area (Å²) in [5.74, 6) is 0.626. The molecule has 138 valence electrons. The van der Waals surface area contributed by atoms with Gasteiger partial charge in [-0.3, -0.25) is 9.59 Å². The molecule has 0 heterocycles. The minimum Gasteiger partial charge on any atom is -0.484 e. The minimum absolute atomic E-state index is 0.0864. The molecule has 2 aromatic rings. The highest BCUT2D eigenvalue weighted by Gasteiger charge is 2.09. The molecule has 2 amide bonds. The van der Waals surface area contributed by atoms with E-state index in [1.165, 1.54) is 0 Å². The fourth-order valence-corrected chi connectivity index (χ4v) is 2.34. The Hall–Kier alpha value is -2.82. The number of rotatable bonds is 8. The Morgan fingerprint density at radius 1 is 1.08 bits per heavy atom. The van der Waals surface area contributed by atoms with Crippen molar-refractivity contribution in [3.8, 4) is 5.75 Å². The monoisotopic (exact) mass is 354 g/mol. The van der Waals surface area contributed by atoms with Crippen LogP contribution in [0.4, 0.5) is 5.69 Å². The maximum absolute atomic E-state index is 12.1. The molecule has 0 spiro atoms. The van der Waals surface area contributed by atoms with Crippen LogP contribution in [0, 0.1) is 5.92 Å². The first-order chi connectivity index (χ1) is 12.5. The van der Waals surface area contributed by atoms with Crippen LogP contribution in [0.1, 0.15) is 36.7 Å². The van der Waals surface area contributed by atoms with Crippen molar-refractivity contribution in [1.82, 2.24) is 5.32 Å². The van der Waals surface area contributed by atoms with Crippen molar-refractivity contribution in [1.29, 1.82) is 0 Å². The number of carbonyl (C=O) groups is 2. The number of aryl methyl sites for hydroxylation is 1. The molecule has 0 aliphatic carbocycles. The number of benzene rings is 2. The van der Waals surface area contributed by atoms with E-state index < -0.39 is 0 Å². The summed E-state index contributed by atoms with van der Waals surface area (Å²) in [5, 5.41) is 5.62. The quantitative estimate of drug-likeness (QED) is 0.760. The van der Waals surface area contributed by atoms with Gasteiger partial charge in [0.15, 0.2) is 6.61 Å². The molecule has 2 aromatic carbocycles. The Bertz CT molecular complexity index is 756. The average Bonchev–Trinajstić information content (AvgIpc) is 2.64. The summed E-state index contributed by atoms with van der Waals surface area (Å²) in [6.45, 7) is 6.66. The van der Waals surface area contributed by atoms with E-state index in [0.717, 1.165) is 12.0 Å². The molecule has 5 nitrogen and oxygen atoms in total. The molecule has 0 bridgehead atoms. The maximum atomic E-state index is 12.1. The van der Waals surface area contributed by atoms with Crippen molar-refractivity contribution in [2.45, 2.75) is 27.2 Å². The zero-order valence-electron chi connectivity index (χ0n) is 15.5. The van der Waals surface area contributed by atoms with Crippen LogP contribution in [-0.2, 0) is 11.2 Å². The molecule has 0 saturated carbocycles. The molecule has 26 heavy (non-hydrogen) atoms. The predicted octanol–water partition coefficient (Wildman–Crippen LogP) is 3.65. The average molecular weight is 354 g/mol. The van der Waals surface area contributed by atoms with Gasteiger partial charge in [-0.1, -0.05) is 39.0 Å². The Kier molecular flexibility index (Phi) is 7.21. The zero-order chi connectivity index (χ0) is 18.9. The van der Waals surface area contributed by atoms with E-state index in [1.54, 1.807) is 24.3 Å². The molecule has 0 aliphatic heterocycles. The lowest BCUT2D eigenvalue weighted by Gasteiger charge is -2.10. The Labute approximate surface area is 154 Å². The van der Waals surface area contributed by atoms with Crippen molar-refractivity contribution >= 4 is 17.5 Å². The van der Waals surface area contributed by atoms with E-state index in [-0.39, 0.29) is 18.4 Å². The van der Waals surface area contributed by atoms with Crippen LogP contribution in [0.15, 0.2) is 48.5 Å². The molecular weight excluding hydrogens is 328 g/mol. The summed E-state index contributed by atoms with van der Waals surface area (Å²) in [6, 6.07) is 14.5. The van der Waals surface area contributed by atoms with Crippen LogP contribution in [-0.4, -0.2) is 25.0 Å². The highest BCUT2D eigenvalue weighted by Crippen LogP contribution is 2.14.